The number of hydrogen-bond donors (Lipinski definition) is 2. The zero-order valence-corrected chi connectivity index (χ0v) is 16.7. The van der Waals surface area contributed by atoms with Crippen LogP contribution in [-0.2, 0) is 19.1 Å². The van der Waals surface area contributed by atoms with Gasteiger partial charge < -0.3 is 29.2 Å². The molecule has 0 saturated carbocycles. The SMILES string of the molecule is CC(=O)Oc1ccc([C@@H]2Oc3cc(O)cc(O)c3C(=O)[C@@H]2OC(C)=O)cc1OC(C)=O. The number of hydrogen-bond acceptors (Lipinski definition) is 10. The number of rotatable bonds is 4. The Hall–Kier alpha value is -4.08. The lowest BCUT2D eigenvalue weighted by Crippen LogP contribution is -2.39. The predicted octanol–water partition coefficient (Wildman–Crippen LogP) is 2.20. The molecule has 0 amide bonds. The minimum atomic E-state index is -1.48. The highest BCUT2D eigenvalue weighted by Crippen LogP contribution is 2.44. The summed E-state index contributed by atoms with van der Waals surface area (Å²) >= 11 is 0. The third-order valence-corrected chi connectivity index (χ3v) is 4.20. The maximum Gasteiger partial charge on any atom is 0.308 e. The zero-order chi connectivity index (χ0) is 22.9. The van der Waals surface area contributed by atoms with Crippen molar-refractivity contribution in [3.05, 3.63) is 41.5 Å². The van der Waals surface area contributed by atoms with Crippen LogP contribution >= 0.6 is 0 Å². The number of phenols is 2. The molecule has 0 fully saturated rings. The molecule has 0 aromatic heterocycles. The number of ketones is 1. The van der Waals surface area contributed by atoms with Crippen LogP contribution in [-0.4, -0.2) is 40.0 Å². The molecular formula is C21H18O10. The van der Waals surface area contributed by atoms with Crippen LogP contribution in [0.25, 0.3) is 0 Å². The number of esters is 3. The van der Waals surface area contributed by atoms with Crippen molar-refractivity contribution < 1.29 is 48.3 Å². The first-order chi connectivity index (χ1) is 14.6. The van der Waals surface area contributed by atoms with Crippen LogP contribution in [0.5, 0.6) is 28.7 Å². The van der Waals surface area contributed by atoms with E-state index in [1.807, 2.05) is 0 Å². The van der Waals surface area contributed by atoms with Crippen LogP contribution in [0.2, 0.25) is 0 Å². The van der Waals surface area contributed by atoms with Gasteiger partial charge in [0, 0.05) is 38.5 Å². The monoisotopic (exact) mass is 430 g/mol. The summed E-state index contributed by atoms with van der Waals surface area (Å²) in [6, 6.07) is 6.13. The van der Waals surface area contributed by atoms with Crippen molar-refractivity contribution in [2.45, 2.75) is 33.0 Å². The van der Waals surface area contributed by atoms with Gasteiger partial charge in [0.2, 0.25) is 11.9 Å². The Balaban J connectivity index is 2.11. The number of benzene rings is 2. The second kappa shape index (κ2) is 8.34. The first-order valence-corrected chi connectivity index (χ1v) is 9.01. The summed E-state index contributed by atoms with van der Waals surface area (Å²) in [5.41, 5.74) is -0.0164. The summed E-state index contributed by atoms with van der Waals surface area (Å²) in [4.78, 5) is 47.4. The average Bonchev–Trinajstić information content (AvgIpc) is 2.63. The molecule has 162 valence electrons. The van der Waals surface area contributed by atoms with Crippen molar-refractivity contribution in [1.82, 2.24) is 0 Å². The highest BCUT2D eigenvalue weighted by Gasteiger charge is 2.43. The Bertz CT molecular complexity index is 1090. The van der Waals surface area contributed by atoms with E-state index in [2.05, 4.69) is 0 Å². The third-order valence-electron chi connectivity index (χ3n) is 4.20. The van der Waals surface area contributed by atoms with Gasteiger partial charge in [-0.15, -0.1) is 0 Å². The van der Waals surface area contributed by atoms with E-state index in [1.54, 1.807) is 0 Å². The minimum absolute atomic E-state index is 0.0479. The van der Waals surface area contributed by atoms with Crippen LogP contribution in [0.15, 0.2) is 30.3 Å². The van der Waals surface area contributed by atoms with Crippen molar-refractivity contribution in [2.24, 2.45) is 0 Å². The van der Waals surface area contributed by atoms with E-state index in [4.69, 9.17) is 18.9 Å². The molecule has 0 spiro atoms. The van der Waals surface area contributed by atoms with Crippen molar-refractivity contribution >= 4 is 23.7 Å². The Labute approximate surface area is 175 Å². The maximum absolute atomic E-state index is 13.0. The van der Waals surface area contributed by atoms with Crippen molar-refractivity contribution in [3.63, 3.8) is 0 Å². The van der Waals surface area contributed by atoms with Crippen molar-refractivity contribution in [2.75, 3.05) is 0 Å². The molecule has 10 heteroatoms. The molecular weight excluding hydrogens is 412 g/mol. The molecule has 31 heavy (non-hydrogen) atoms. The van der Waals surface area contributed by atoms with Gasteiger partial charge in [-0.05, 0) is 12.1 Å². The van der Waals surface area contributed by atoms with Gasteiger partial charge in [0.15, 0.2) is 17.6 Å². The van der Waals surface area contributed by atoms with Crippen LogP contribution < -0.4 is 14.2 Å². The standard InChI is InChI=1S/C21H18O10/c1-9(22)28-15-5-4-12(6-16(15)29-10(2)23)20-21(30-11(3)24)19(27)18-14(26)7-13(25)8-17(18)31-20/h4-8,20-21,25-26H,1-3H3/t20-,21-/m0/s1. The minimum Gasteiger partial charge on any atom is -0.508 e. The molecule has 0 radical (unpaired) electrons. The molecule has 1 heterocycles. The molecule has 2 N–H and O–H groups in total. The van der Waals surface area contributed by atoms with Gasteiger partial charge in [0.25, 0.3) is 0 Å². The molecule has 0 aliphatic carbocycles. The number of ether oxygens (including phenoxy) is 4. The molecule has 0 saturated heterocycles. The lowest BCUT2D eigenvalue weighted by atomic mass is 9.92. The zero-order valence-electron chi connectivity index (χ0n) is 16.7. The highest BCUT2D eigenvalue weighted by molar-refractivity contribution is 6.06. The van der Waals surface area contributed by atoms with Crippen LogP contribution in [0.3, 0.4) is 0 Å². The summed E-state index contributed by atoms with van der Waals surface area (Å²) in [5, 5.41) is 19.8. The average molecular weight is 430 g/mol. The first kappa shape index (κ1) is 21.6. The summed E-state index contributed by atoms with van der Waals surface area (Å²) in [6.45, 7) is 3.42. The van der Waals surface area contributed by atoms with Crippen LogP contribution in [0.4, 0.5) is 0 Å². The second-order valence-corrected chi connectivity index (χ2v) is 6.66. The molecule has 1 aliphatic rings. The molecule has 10 nitrogen and oxygen atoms in total. The van der Waals surface area contributed by atoms with E-state index in [9.17, 15) is 29.4 Å². The largest absolute Gasteiger partial charge is 0.508 e. The first-order valence-electron chi connectivity index (χ1n) is 9.01. The number of carbonyl (C=O) groups is 4. The quantitative estimate of drug-likeness (QED) is 0.547. The number of carbonyl (C=O) groups excluding carboxylic acids is 4. The van der Waals surface area contributed by atoms with E-state index in [1.165, 1.54) is 25.1 Å². The van der Waals surface area contributed by atoms with Gasteiger partial charge in [-0.1, -0.05) is 6.07 Å². The van der Waals surface area contributed by atoms with Crippen molar-refractivity contribution in [1.29, 1.82) is 0 Å². The Morgan fingerprint density at radius 1 is 0.903 bits per heavy atom. The smallest absolute Gasteiger partial charge is 0.308 e. The lowest BCUT2D eigenvalue weighted by molar-refractivity contribution is -0.149. The van der Waals surface area contributed by atoms with Gasteiger partial charge in [-0.3, -0.25) is 19.2 Å². The van der Waals surface area contributed by atoms with Gasteiger partial charge in [-0.2, -0.15) is 0 Å². The van der Waals surface area contributed by atoms with Gasteiger partial charge in [0.1, 0.15) is 22.8 Å². The number of aromatic hydroxyl groups is 2. The number of fused-ring (bicyclic) bond motifs is 1. The van der Waals surface area contributed by atoms with Gasteiger partial charge in [-0.25, -0.2) is 0 Å². The Kier molecular flexibility index (Phi) is 5.82. The fourth-order valence-corrected chi connectivity index (χ4v) is 3.12. The summed E-state index contributed by atoms with van der Waals surface area (Å²) < 4.78 is 21.0. The molecule has 2 aromatic carbocycles. The highest BCUT2D eigenvalue weighted by atomic mass is 16.6. The maximum atomic E-state index is 13.0. The summed E-state index contributed by atoms with van der Waals surface area (Å²) in [6.07, 6.45) is -2.70. The van der Waals surface area contributed by atoms with E-state index in [0.717, 1.165) is 26.0 Å². The van der Waals surface area contributed by atoms with Gasteiger partial charge in [0.05, 0.1) is 0 Å². The normalized spacial score (nSPS) is 17.2. The van der Waals surface area contributed by atoms with Crippen molar-refractivity contribution in [3.8, 4) is 28.7 Å². The van der Waals surface area contributed by atoms with E-state index >= 15 is 0 Å². The fourth-order valence-electron chi connectivity index (χ4n) is 3.12. The topological polar surface area (TPSA) is 146 Å². The summed E-state index contributed by atoms with van der Waals surface area (Å²) in [5.74, 6) is -4.06. The Morgan fingerprint density at radius 2 is 1.55 bits per heavy atom. The molecule has 2 aromatic rings. The predicted molar refractivity (Wildman–Crippen MR) is 102 cm³/mol. The van der Waals surface area contributed by atoms with Crippen LogP contribution in [0, 0.1) is 0 Å². The molecule has 1 aliphatic heterocycles. The van der Waals surface area contributed by atoms with E-state index in [0.29, 0.717) is 0 Å². The second-order valence-electron chi connectivity index (χ2n) is 6.66. The molecule has 0 unspecified atom stereocenters. The van der Waals surface area contributed by atoms with E-state index < -0.39 is 41.6 Å². The molecule has 0 bridgehead atoms. The molecule has 3 rings (SSSR count). The number of phenolic OH excluding ortho intramolecular Hbond substituents is 2. The fraction of sp³-hybridized carbons (Fsp3) is 0.238. The lowest BCUT2D eigenvalue weighted by Gasteiger charge is -2.32. The number of Topliss-reactive ketones (excluding diaryl/α,β-unsaturated/α-hetero) is 1. The third kappa shape index (κ3) is 4.58. The van der Waals surface area contributed by atoms with Gasteiger partial charge >= 0.3 is 17.9 Å². The summed E-state index contributed by atoms with van der Waals surface area (Å²) in [7, 11) is 0. The Morgan fingerprint density at radius 3 is 2.16 bits per heavy atom. The van der Waals surface area contributed by atoms with E-state index in [-0.39, 0.29) is 34.1 Å². The van der Waals surface area contributed by atoms with Crippen LogP contribution in [0.1, 0.15) is 42.8 Å². The molecule has 2 atom stereocenters.